The monoisotopic (exact) mass is 135 g/mol. The van der Waals surface area contributed by atoms with Crippen LogP contribution in [0, 0.1) is 23.7 Å². The predicted octanol–water partition coefficient (Wildman–Crippen LogP) is 1.14. The summed E-state index contributed by atoms with van der Waals surface area (Å²) in [5.74, 6) is 7.98. The van der Waals surface area contributed by atoms with E-state index >= 15 is 0 Å². The second-order valence-corrected chi connectivity index (χ2v) is 3.34. The summed E-state index contributed by atoms with van der Waals surface area (Å²) in [5.41, 5.74) is 5.86. The highest BCUT2D eigenvalue weighted by atomic mass is 14.8. The Morgan fingerprint density at radius 2 is 1.50 bits per heavy atom. The first kappa shape index (κ1) is 6.24. The minimum atomic E-state index is 0.515. The van der Waals surface area contributed by atoms with Crippen LogP contribution in [-0.4, -0.2) is 6.04 Å². The Hall–Kier alpha value is -0.480. The van der Waals surface area contributed by atoms with Gasteiger partial charge in [0.25, 0.3) is 0 Å². The van der Waals surface area contributed by atoms with Gasteiger partial charge in [0.2, 0.25) is 0 Å². The van der Waals surface area contributed by atoms with E-state index in [0.29, 0.717) is 6.04 Å². The van der Waals surface area contributed by atoms with Crippen molar-refractivity contribution < 1.29 is 0 Å². The summed E-state index contributed by atoms with van der Waals surface area (Å²) in [6.45, 7) is 0. The highest BCUT2D eigenvalue weighted by Gasteiger charge is 2.45. The summed E-state index contributed by atoms with van der Waals surface area (Å²) in [5, 5.41) is 0. The molecule has 0 bridgehead atoms. The topological polar surface area (TPSA) is 26.0 Å². The largest absolute Gasteiger partial charge is 0.327 e. The van der Waals surface area contributed by atoms with E-state index in [9.17, 15) is 0 Å². The third-order valence-electron chi connectivity index (χ3n) is 2.73. The molecular formula is C9H13N. The van der Waals surface area contributed by atoms with E-state index < -0.39 is 0 Å². The Balaban J connectivity index is 1.97. The molecule has 0 aliphatic heterocycles. The zero-order valence-corrected chi connectivity index (χ0v) is 6.14. The molecule has 0 heterocycles. The first-order chi connectivity index (χ1) is 4.89. The maximum Gasteiger partial charge on any atom is 0.0103 e. The van der Waals surface area contributed by atoms with Gasteiger partial charge in [0.05, 0.1) is 0 Å². The molecule has 0 saturated heterocycles. The molecule has 0 radical (unpaired) electrons. The van der Waals surface area contributed by atoms with E-state index in [1.165, 1.54) is 12.8 Å². The van der Waals surface area contributed by atoms with Crippen molar-refractivity contribution in [2.75, 3.05) is 0 Å². The van der Waals surface area contributed by atoms with Gasteiger partial charge in [-0.25, -0.2) is 0 Å². The maximum atomic E-state index is 5.86. The van der Waals surface area contributed by atoms with Gasteiger partial charge in [-0.2, -0.15) is 0 Å². The second kappa shape index (κ2) is 2.29. The minimum absolute atomic E-state index is 0.515. The fourth-order valence-corrected chi connectivity index (χ4v) is 1.94. The van der Waals surface area contributed by atoms with Crippen molar-refractivity contribution in [2.24, 2.45) is 17.6 Å². The smallest absolute Gasteiger partial charge is 0.0103 e. The molecule has 2 rings (SSSR count). The van der Waals surface area contributed by atoms with Gasteiger partial charge in [-0.15, -0.1) is 11.8 Å². The van der Waals surface area contributed by atoms with Crippen molar-refractivity contribution in [3.63, 3.8) is 0 Å². The number of nitrogens with two attached hydrogens (primary N) is 1. The Morgan fingerprint density at radius 1 is 1.00 bits per heavy atom. The van der Waals surface area contributed by atoms with Crippen LogP contribution in [0.5, 0.6) is 0 Å². The molecule has 1 heteroatoms. The van der Waals surface area contributed by atoms with Gasteiger partial charge >= 0.3 is 0 Å². The van der Waals surface area contributed by atoms with E-state index in [0.717, 1.165) is 24.7 Å². The van der Waals surface area contributed by atoms with Crippen molar-refractivity contribution in [1.29, 1.82) is 0 Å². The molecule has 54 valence electrons. The Morgan fingerprint density at radius 3 is 2.00 bits per heavy atom. The Labute approximate surface area is 62.0 Å². The van der Waals surface area contributed by atoms with Gasteiger partial charge in [0, 0.05) is 18.9 Å². The van der Waals surface area contributed by atoms with Gasteiger partial charge in [0.1, 0.15) is 0 Å². The molecule has 1 fully saturated rings. The van der Waals surface area contributed by atoms with Gasteiger partial charge in [-0.05, 0) is 24.7 Å². The quantitative estimate of drug-likeness (QED) is 0.495. The van der Waals surface area contributed by atoms with Crippen molar-refractivity contribution >= 4 is 0 Å². The summed E-state index contributed by atoms with van der Waals surface area (Å²) in [6.07, 6.45) is 4.65. The van der Waals surface area contributed by atoms with Crippen LogP contribution in [0.1, 0.15) is 25.7 Å². The Bertz CT molecular complexity index is 169. The van der Waals surface area contributed by atoms with Gasteiger partial charge < -0.3 is 5.73 Å². The van der Waals surface area contributed by atoms with Crippen molar-refractivity contribution in [2.45, 2.75) is 31.7 Å². The molecule has 10 heavy (non-hydrogen) atoms. The normalized spacial score (nSPS) is 43.9. The molecule has 1 unspecified atom stereocenters. The van der Waals surface area contributed by atoms with Crippen LogP contribution in [0.2, 0.25) is 0 Å². The lowest BCUT2D eigenvalue weighted by molar-refractivity contribution is 0.618. The summed E-state index contributed by atoms with van der Waals surface area (Å²) >= 11 is 0. The summed E-state index contributed by atoms with van der Waals surface area (Å²) in [6, 6.07) is 0.515. The van der Waals surface area contributed by atoms with Gasteiger partial charge in [-0.1, -0.05) is 0 Å². The highest BCUT2D eigenvalue weighted by Crippen LogP contribution is 2.44. The molecule has 2 aliphatic rings. The molecule has 0 aromatic rings. The van der Waals surface area contributed by atoms with Crippen LogP contribution in [-0.2, 0) is 0 Å². The lowest BCUT2D eigenvalue weighted by Crippen LogP contribution is -2.03. The summed E-state index contributed by atoms with van der Waals surface area (Å²) in [7, 11) is 0. The molecule has 1 saturated carbocycles. The third kappa shape index (κ3) is 0.932. The molecule has 0 aromatic carbocycles. The molecule has 0 aromatic heterocycles. The van der Waals surface area contributed by atoms with Crippen molar-refractivity contribution in [3.05, 3.63) is 0 Å². The van der Waals surface area contributed by atoms with E-state index in [2.05, 4.69) is 11.8 Å². The highest BCUT2D eigenvalue weighted by molar-refractivity contribution is 5.09. The zero-order valence-electron chi connectivity index (χ0n) is 6.14. The van der Waals surface area contributed by atoms with Crippen molar-refractivity contribution in [3.8, 4) is 11.8 Å². The van der Waals surface area contributed by atoms with Crippen LogP contribution < -0.4 is 5.73 Å². The number of rotatable bonds is 0. The van der Waals surface area contributed by atoms with Gasteiger partial charge in [0.15, 0.2) is 0 Å². The number of hydrogen-bond acceptors (Lipinski definition) is 1. The average Bonchev–Trinajstić information content (AvgIpc) is 2.39. The Kier molecular flexibility index (Phi) is 1.43. The molecule has 2 aliphatic carbocycles. The van der Waals surface area contributed by atoms with E-state index in [1.807, 2.05) is 0 Å². The first-order valence-corrected chi connectivity index (χ1v) is 4.11. The van der Waals surface area contributed by atoms with Crippen LogP contribution in [0.3, 0.4) is 0 Å². The van der Waals surface area contributed by atoms with E-state index in [-0.39, 0.29) is 0 Å². The van der Waals surface area contributed by atoms with Crippen LogP contribution >= 0.6 is 0 Å². The lowest BCUT2D eigenvalue weighted by Gasteiger charge is -1.95. The summed E-state index contributed by atoms with van der Waals surface area (Å²) < 4.78 is 0. The molecule has 2 N–H and O–H groups in total. The van der Waals surface area contributed by atoms with Crippen LogP contribution in [0.4, 0.5) is 0 Å². The number of hydrogen-bond donors (Lipinski definition) is 1. The zero-order chi connectivity index (χ0) is 6.97. The minimum Gasteiger partial charge on any atom is -0.327 e. The average molecular weight is 135 g/mol. The molecule has 1 nitrogen and oxygen atoms in total. The fraction of sp³-hybridized carbons (Fsp3) is 0.778. The lowest BCUT2D eigenvalue weighted by atomic mass is 10.1. The third-order valence-corrected chi connectivity index (χ3v) is 2.73. The van der Waals surface area contributed by atoms with E-state index in [4.69, 9.17) is 5.73 Å². The van der Waals surface area contributed by atoms with E-state index in [1.54, 1.807) is 0 Å². The molecule has 0 amide bonds. The second-order valence-electron chi connectivity index (χ2n) is 3.34. The van der Waals surface area contributed by atoms with Gasteiger partial charge in [-0.3, -0.25) is 0 Å². The maximum absolute atomic E-state index is 5.86. The first-order valence-electron chi connectivity index (χ1n) is 4.11. The van der Waals surface area contributed by atoms with Crippen LogP contribution in [0.15, 0.2) is 0 Å². The number of fused-ring (bicyclic) bond motifs is 1. The molecule has 3 atom stereocenters. The standard InChI is InChI=1S/C9H13N/c10-9-7-5-3-1-2-4-6-8(7)9/h7-9H,3-6,10H2/t7-,8+,9?. The van der Waals surface area contributed by atoms with Crippen LogP contribution in [0.25, 0.3) is 0 Å². The predicted molar refractivity (Wildman–Crippen MR) is 41.2 cm³/mol. The molecule has 0 spiro atoms. The fourth-order valence-electron chi connectivity index (χ4n) is 1.94. The van der Waals surface area contributed by atoms with Crippen molar-refractivity contribution in [1.82, 2.24) is 0 Å². The summed E-state index contributed by atoms with van der Waals surface area (Å²) in [4.78, 5) is 0. The SMILES string of the molecule is NC1[C@H]2CCC#CCC[C@@H]12. The molecular weight excluding hydrogens is 122 g/mol.